The molecule has 7 atom stereocenters. The highest BCUT2D eigenvalue weighted by Crippen LogP contribution is 2.48. The first kappa shape index (κ1) is 21.9. The number of nitrogens with two attached hydrogens (primary N) is 1. The number of likely N-dealkylation sites (tertiary alicyclic amines) is 3. The predicted octanol–water partition coefficient (Wildman–Crippen LogP) is 0.233. The topological polar surface area (TPSA) is 123 Å². The van der Waals surface area contributed by atoms with Crippen LogP contribution in [-0.2, 0) is 9.59 Å². The van der Waals surface area contributed by atoms with Crippen molar-refractivity contribution in [3.63, 3.8) is 0 Å². The van der Waals surface area contributed by atoms with Gasteiger partial charge in [0, 0.05) is 37.8 Å². The molecule has 174 valence electrons. The molecule has 1 saturated carbocycles. The van der Waals surface area contributed by atoms with Gasteiger partial charge in [-0.15, -0.1) is 0 Å². The number of hydrogen-bond acceptors (Lipinski definition) is 6. The Labute approximate surface area is 193 Å². The van der Waals surface area contributed by atoms with Crippen molar-refractivity contribution in [3.8, 4) is 6.07 Å². The molecule has 1 aromatic carbocycles. The number of nitriles is 1. The number of nitrogens with zero attached hydrogens (tertiary/aromatic N) is 4. The fraction of sp³-hybridized carbons (Fsp3) is 0.583. The monoisotopic (exact) mass is 450 g/mol. The lowest BCUT2D eigenvalue weighted by Crippen LogP contribution is -2.57. The van der Waals surface area contributed by atoms with Gasteiger partial charge >= 0.3 is 0 Å². The van der Waals surface area contributed by atoms with Crippen molar-refractivity contribution in [1.82, 2.24) is 20.0 Å². The Morgan fingerprint density at radius 2 is 2.09 bits per heavy atom. The minimum absolute atomic E-state index is 0.0436. The number of nitrogens with one attached hydrogen (secondary N) is 1. The highest BCUT2D eigenvalue weighted by atomic mass is 16.2. The molecule has 1 unspecified atom stereocenters. The molecule has 9 nitrogen and oxygen atoms in total. The van der Waals surface area contributed by atoms with Gasteiger partial charge in [-0.05, 0) is 49.8 Å². The first-order valence-electron chi connectivity index (χ1n) is 11.7. The van der Waals surface area contributed by atoms with Gasteiger partial charge in [0.2, 0.25) is 11.8 Å². The zero-order chi connectivity index (χ0) is 23.4. The van der Waals surface area contributed by atoms with E-state index in [1.165, 1.54) is 0 Å². The number of carbonyl (C=O) groups excluding carboxylic acids is 3. The maximum absolute atomic E-state index is 13.3. The zero-order valence-electron chi connectivity index (χ0n) is 19.0. The van der Waals surface area contributed by atoms with Gasteiger partial charge in [0.1, 0.15) is 6.04 Å². The van der Waals surface area contributed by atoms with Crippen molar-refractivity contribution in [2.75, 3.05) is 20.1 Å². The second kappa shape index (κ2) is 8.12. The maximum atomic E-state index is 13.3. The minimum Gasteiger partial charge on any atom is -0.355 e. The van der Waals surface area contributed by atoms with Crippen LogP contribution in [0.25, 0.3) is 0 Å². The van der Waals surface area contributed by atoms with Crippen LogP contribution in [-0.4, -0.2) is 82.8 Å². The molecule has 0 aromatic heterocycles. The number of fused-ring (bicyclic) bond motifs is 3. The van der Waals surface area contributed by atoms with Gasteiger partial charge in [0.05, 0.1) is 24.2 Å². The van der Waals surface area contributed by atoms with Crippen molar-refractivity contribution in [2.45, 2.75) is 62.4 Å². The maximum Gasteiger partial charge on any atom is 0.251 e. The van der Waals surface area contributed by atoms with E-state index >= 15 is 0 Å². The van der Waals surface area contributed by atoms with Gasteiger partial charge in [-0.25, -0.2) is 0 Å². The van der Waals surface area contributed by atoms with E-state index in [1.807, 2.05) is 34.9 Å². The summed E-state index contributed by atoms with van der Waals surface area (Å²) in [7, 11) is 1.60. The third-order valence-corrected chi connectivity index (χ3v) is 7.85. The number of piperazine rings is 1. The van der Waals surface area contributed by atoms with Gasteiger partial charge in [-0.2, -0.15) is 5.26 Å². The molecule has 0 radical (unpaired) electrons. The standard InChI is InChI=1S/C24H30N6O3/c1-13(14-4-3-5-15(6-14)22(31)27-2)29-18-9-21(24(29)33)28(11-18)12-19(26)23(32)30-17(10-25)7-16-8-20(16)30/h3-6,13,16-21H,7-9,11-12,26H2,1-2H3,(H,27,31)/t13-,16+,17-,18+,19-,20?,21+/m0/s1. The van der Waals surface area contributed by atoms with Crippen molar-refractivity contribution >= 4 is 17.7 Å². The predicted molar refractivity (Wildman–Crippen MR) is 120 cm³/mol. The molecule has 1 aromatic rings. The highest BCUT2D eigenvalue weighted by molar-refractivity contribution is 5.94. The lowest BCUT2D eigenvalue weighted by atomic mass is 10.0. The summed E-state index contributed by atoms with van der Waals surface area (Å²) in [6.07, 6.45) is 2.44. The van der Waals surface area contributed by atoms with Crippen molar-refractivity contribution in [1.29, 1.82) is 5.26 Å². The molecule has 3 N–H and O–H groups in total. The Morgan fingerprint density at radius 3 is 2.79 bits per heavy atom. The summed E-state index contributed by atoms with van der Waals surface area (Å²) in [6.45, 7) is 2.99. The molecule has 3 saturated heterocycles. The number of carbonyl (C=O) groups is 3. The largest absolute Gasteiger partial charge is 0.355 e. The molecule has 5 rings (SSSR count). The fourth-order valence-electron chi connectivity index (χ4n) is 6.05. The summed E-state index contributed by atoms with van der Waals surface area (Å²) in [5.41, 5.74) is 7.78. The Kier molecular flexibility index (Phi) is 5.38. The van der Waals surface area contributed by atoms with Crippen LogP contribution in [0.15, 0.2) is 24.3 Å². The van der Waals surface area contributed by atoms with E-state index in [4.69, 9.17) is 5.73 Å². The number of hydrogen-bond donors (Lipinski definition) is 2. The Morgan fingerprint density at radius 1 is 1.30 bits per heavy atom. The molecule has 4 aliphatic rings. The molecule has 2 bridgehead atoms. The number of rotatable bonds is 6. The average Bonchev–Trinajstić information content (AvgIpc) is 3.15. The normalized spacial score (nSPS) is 31.8. The van der Waals surface area contributed by atoms with Crippen LogP contribution in [0.3, 0.4) is 0 Å². The van der Waals surface area contributed by atoms with Gasteiger partial charge < -0.3 is 20.9 Å². The molecule has 3 heterocycles. The Bertz CT molecular complexity index is 1040. The lowest BCUT2D eigenvalue weighted by molar-refractivity contribution is -0.141. The smallest absolute Gasteiger partial charge is 0.251 e. The van der Waals surface area contributed by atoms with Gasteiger partial charge in [-0.1, -0.05) is 12.1 Å². The van der Waals surface area contributed by atoms with E-state index in [0.29, 0.717) is 31.0 Å². The molecule has 3 amide bonds. The summed E-state index contributed by atoms with van der Waals surface area (Å²) in [5, 5.41) is 12.0. The van der Waals surface area contributed by atoms with E-state index in [1.54, 1.807) is 18.0 Å². The Hall–Kier alpha value is -2.96. The van der Waals surface area contributed by atoms with Gasteiger partial charge in [0.15, 0.2) is 0 Å². The molecule has 1 aliphatic carbocycles. The quantitative estimate of drug-likeness (QED) is 0.640. The number of amides is 3. The summed E-state index contributed by atoms with van der Waals surface area (Å²) >= 11 is 0. The van der Waals surface area contributed by atoms with Gasteiger partial charge in [0.25, 0.3) is 5.91 Å². The minimum atomic E-state index is -0.734. The van der Waals surface area contributed by atoms with E-state index < -0.39 is 6.04 Å². The van der Waals surface area contributed by atoms with E-state index in [0.717, 1.165) is 18.4 Å². The van der Waals surface area contributed by atoms with Crippen LogP contribution in [0.1, 0.15) is 48.1 Å². The first-order valence-corrected chi connectivity index (χ1v) is 11.7. The molecule has 9 heteroatoms. The van der Waals surface area contributed by atoms with Crippen molar-refractivity contribution in [3.05, 3.63) is 35.4 Å². The summed E-state index contributed by atoms with van der Waals surface area (Å²) < 4.78 is 0. The van der Waals surface area contributed by atoms with Crippen LogP contribution in [0.5, 0.6) is 0 Å². The van der Waals surface area contributed by atoms with E-state index in [-0.39, 0.29) is 47.9 Å². The summed E-state index contributed by atoms with van der Waals surface area (Å²) in [6, 6.07) is 8.30. The highest BCUT2D eigenvalue weighted by Gasteiger charge is 2.56. The average molecular weight is 451 g/mol. The molecule has 4 fully saturated rings. The SMILES string of the molecule is CNC(=O)c1cccc([C@H](C)N2C(=O)[C@H]3C[C@@H]2CN3C[C@H](N)C(=O)N2C3C[C@H]3C[C@H]2C#N)c1. The second-order valence-electron chi connectivity index (χ2n) is 9.78. The fourth-order valence-corrected chi connectivity index (χ4v) is 6.05. The molecule has 3 aliphatic heterocycles. The third-order valence-electron chi connectivity index (χ3n) is 7.85. The van der Waals surface area contributed by atoms with Crippen LogP contribution in [0, 0.1) is 17.2 Å². The van der Waals surface area contributed by atoms with Crippen molar-refractivity contribution < 1.29 is 14.4 Å². The Balaban J connectivity index is 1.24. The summed E-state index contributed by atoms with van der Waals surface area (Å²) in [4.78, 5) is 43.9. The van der Waals surface area contributed by atoms with Crippen LogP contribution < -0.4 is 11.1 Å². The second-order valence-corrected chi connectivity index (χ2v) is 9.78. The lowest BCUT2D eigenvalue weighted by Gasteiger charge is -2.38. The zero-order valence-corrected chi connectivity index (χ0v) is 19.0. The molecule has 33 heavy (non-hydrogen) atoms. The van der Waals surface area contributed by atoms with Crippen molar-refractivity contribution in [2.24, 2.45) is 11.7 Å². The van der Waals surface area contributed by atoms with E-state index in [2.05, 4.69) is 11.4 Å². The van der Waals surface area contributed by atoms with Crippen LogP contribution in [0.2, 0.25) is 0 Å². The first-order chi connectivity index (χ1) is 15.8. The number of piperidine rings is 1. The van der Waals surface area contributed by atoms with Gasteiger partial charge in [-0.3, -0.25) is 19.3 Å². The molecule has 0 spiro atoms. The number of benzene rings is 1. The third kappa shape index (κ3) is 3.58. The van der Waals surface area contributed by atoms with Crippen LogP contribution >= 0.6 is 0 Å². The molecular formula is C24H30N6O3. The molecular weight excluding hydrogens is 420 g/mol. The van der Waals surface area contributed by atoms with E-state index in [9.17, 15) is 19.6 Å². The summed E-state index contributed by atoms with van der Waals surface area (Å²) in [5.74, 6) is 0.171. The van der Waals surface area contributed by atoms with Crippen LogP contribution in [0.4, 0.5) is 0 Å².